The predicted molar refractivity (Wildman–Crippen MR) is 132 cm³/mol. The molecule has 0 saturated carbocycles. The van der Waals surface area contributed by atoms with Crippen LogP contribution in [0.2, 0.25) is 0 Å². The Morgan fingerprint density at radius 3 is 2.34 bits per heavy atom. The zero-order chi connectivity index (χ0) is 25.6. The number of para-hydroxylation sites is 2. The van der Waals surface area contributed by atoms with E-state index in [1.54, 1.807) is 44.2 Å². The first-order valence-corrected chi connectivity index (χ1v) is 13.7. The topological polar surface area (TPSA) is 148 Å². The maximum atomic E-state index is 12.7. The van der Waals surface area contributed by atoms with Gasteiger partial charge in [0, 0.05) is 17.6 Å². The van der Waals surface area contributed by atoms with Gasteiger partial charge in [-0.25, -0.2) is 31.5 Å². The maximum Gasteiger partial charge on any atom is 0.264 e. The number of aromatic nitrogens is 2. The normalized spacial score (nSPS) is 11.5. The first-order chi connectivity index (χ1) is 16.5. The van der Waals surface area contributed by atoms with Gasteiger partial charge in [-0.1, -0.05) is 12.1 Å². The monoisotopic (exact) mass is 519 g/mol. The number of sulfonamides is 2. The first-order valence-electron chi connectivity index (χ1n) is 10.4. The molecule has 2 aromatic carbocycles. The highest BCUT2D eigenvalue weighted by Gasteiger charge is 2.24. The van der Waals surface area contributed by atoms with Gasteiger partial charge in [0.25, 0.3) is 10.0 Å². The van der Waals surface area contributed by atoms with Gasteiger partial charge in [0.1, 0.15) is 12.3 Å². The SMILES string of the molecule is CCOc1ccccc1N(CC(=O)Nc1ccc(S(=O)(=O)Nc2nccc(C)n2)cc1)S(C)(=O)=O. The molecule has 1 amide bonds. The van der Waals surface area contributed by atoms with Crippen LogP contribution in [0.5, 0.6) is 5.75 Å². The van der Waals surface area contributed by atoms with Crippen molar-refractivity contribution < 1.29 is 26.4 Å². The molecule has 0 radical (unpaired) electrons. The van der Waals surface area contributed by atoms with Crippen molar-refractivity contribution in [3.63, 3.8) is 0 Å². The molecule has 3 rings (SSSR count). The van der Waals surface area contributed by atoms with E-state index in [9.17, 15) is 21.6 Å². The lowest BCUT2D eigenvalue weighted by atomic mass is 10.3. The smallest absolute Gasteiger partial charge is 0.264 e. The van der Waals surface area contributed by atoms with Gasteiger partial charge in [-0.05, 0) is 56.3 Å². The average molecular weight is 520 g/mol. The zero-order valence-electron chi connectivity index (χ0n) is 19.3. The van der Waals surface area contributed by atoms with Gasteiger partial charge in [-0.15, -0.1) is 0 Å². The van der Waals surface area contributed by atoms with Crippen LogP contribution in [0.25, 0.3) is 0 Å². The Morgan fingerprint density at radius 2 is 1.71 bits per heavy atom. The van der Waals surface area contributed by atoms with Crippen LogP contribution < -0.4 is 19.1 Å². The van der Waals surface area contributed by atoms with Crippen LogP contribution >= 0.6 is 0 Å². The predicted octanol–water partition coefficient (Wildman–Crippen LogP) is 2.39. The zero-order valence-corrected chi connectivity index (χ0v) is 20.9. The third kappa shape index (κ3) is 6.90. The first kappa shape index (κ1) is 25.9. The number of ether oxygens (including phenoxy) is 1. The van der Waals surface area contributed by atoms with Crippen LogP contribution in [-0.4, -0.2) is 52.1 Å². The summed E-state index contributed by atoms with van der Waals surface area (Å²) in [6.45, 7) is 3.29. The molecule has 0 aliphatic heterocycles. The summed E-state index contributed by atoms with van der Waals surface area (Å²) in [6.07, 6.45) is 2.43. The van der Waals surface area contributed by atoms with Crippen molar-refractivity contribution >= 4 is 43.3 Å². The Labute approximate surface area is 204 Å². The number of nitrogens with zero attached hydrogens (tertiary/aromatic N) is 3. The van der Waals surface area contributed by atoms with Crippen molar-refractivity contribution in [3.05, 3.63) is 66.5 Å². The molecule has 35 heavy (non-hydrogen) atoms. The number of nitrogens with one attached hydrogen (secondary N) is 2. The molecule has 11 nitrogen and oxygen atoms in total. The quantitative estimate of drug-likeness (QED) is 0.415. The summed E-state index contributed by atoms with van der Waals surface area (Å²) < 4.78 is 58.7. The van der Waals surface area contributed by atoms with E-state index >= 15 is 0 Å². The second-order valence-electron chi connectivity index (χ2n) is 7.37. The highest BCUT2D eigenvalue weighted by atomic mass is 32.2. The third-order valence-electron chi connectivity index (χ3n) is 4.59. The van der Waals surface area contributed by atoms with Crippen molar-refractivity contribution in [2.45, 2.75) is 18.7 Å². The van der Waals surface area contributed by atoms with E-state index in [4.69, 9.17) is 4.74 Å². The molecule has 0 aliphatic carbocycles. The molecular formula is C22H25N5O6S2. The summed E-state index contributed by atoms with van der Waals surface area (Å²) in [7, 11) is -7.76. The Bertz CT molecular complexity index is 1410. The van der Waals surface area contributed by atoms with E-state index in [2.05, 4.69) is 20.0 Å². The van der Waals surface area contributed by atoms with Gasteiger partial charge in [-0.2, -0.15) is 0 Å². The Balaban J connectivity index is 1.74. The molecule has 0 unspecified atom stereocenters. The second kappa shape index (κ2) is 10.7. The summed E-state index contributed by atoms with van der Waals surface area (Å²) in [5.41, 5.74) is 1.12. The minimum Gasteiger partial charge on any atom is -0.492 e. The van der Waals surface area contributed by atoms with Crippen LogP contribution in [0, 0.1) is 6.92 Å². The Hall–Kier alpha value is -3.71. The molecule has 2 N–H and O–H groups in total. The molecule has 13 heteroatoms. The van der Waals surface area contributed by atoms with Crippen molar-refractivity contribution in [1.82, 2.24) is 9.97 Å². The fourth-order valence-electron chi connectivity index (χ4n) is 3.05. The van der Waals surface area contributed by atoms with Crippen LogP contribution in [0.3, 0.4) is 0 Å². The Kier molecular flexibility index (Phi) is 7.92. The molecule has 0 fully saturated rings. The average Bonchev–Trinajstić information content (AvgIpc) is 2.78. The lowest BCUT2D eigenvalue weighted by Crippen LogP contribution is -2.37. The van der Waals surface area contributed by atoms with Crippen LogP contribution in [0.4, 0.5) is 17.3 Å². The Morgan fingerprint density at radius 1 is 1.03 bits per heavy atom. The van der Waals surface area contributed by atoms with Gasteiger partial charge in [0.15, 0.2) is 0 Å². The van der Waals surface area contributed by atoms with Gasteiger partial charge in [0.2, 0.25) is 21.9 Å². The van der Waals surface area contributed by atoms with Crippen LogP contribution in [0.1, 0.15) is 12.6 Å². The summed E-state index contributed by atoms with van der Waals surface area (Å²) in [6, 6.07) is 13.5. The number of hydrogen-bond acceptors (Lipinski definition) is 8. The van der Waals surface area contributed by atoms with E-state index in [1.165, 1.54) is 30.5 Å². The summed E-state index contributed by atoms with van der Waals surface area (Å²) in [5.74, 6) is -0.355. The lowest BCUT2D eigenvalue weighted by Gasteiger charge is -2.24. The van der Waals surface area contributed by atoms with E-state index in [-0.39, 0.29) is 22.2 Å². The number of hydrogen-bond donors (Lipinski definition) is 2. The molecule has 0 bridgehead atoms. The highest BCUT2D eigenvalue weighted by Crippen LogP contribution is 2.29. The fraction of sp³-hybridized carbons (Fsp3) is 0.227. The molecule has 0 aliphatic rings. The molecular weight excluding hydrogens is 494 g/mol. The van der Waals surface area contributed by atoms with Crippen molar-refractivity contribution in [3.8, 4) is 5.75 Å². The van der Waals surface area contributed by atoms with Gasteiger partial charge in [-0.3, -0.25) is 9.10 Å². The van der Waals surface area contributed by atoms with E-state index < -0.39 is 32.5 Å². The minimum absolute atomic E-state index is 0.0596. The molecule has 0 saturated heterocycles. The number of aryl methyl sites for hydroxylation is 1. The van der Waals surface area contributed by atoms with E-state index in [1.807, 2.05) is 0 Å². The highest BCUT2D eigenvalue weighted by molar-refractivity contribution is 7.92. The molecule has 0 spiro atoms. The number of amides is 1. The molecule has 1 heterocycles. The molecule has 1 aromatic heterocycles. The largest absolute Gasteiger partial charge is 0.492 e. The van der Waals surface area contributed by atoms with Gasteiger partial charge < -0.3 is 10.1 Å². The minimum atomic E-state index is -3.95. The summed E-state index contributed by atoms with van der Waals surface area (Å²) in [4.78, 5) is 20.5. The van der Waals surface area contributed by atoms with E-state index in [0.29, 0.717) is 18.1 Å². The van der Waals surface area contributed by atoms with Gasteiger partial charge in [0.05, 0.1) is 23.4 Å². The molecule has 186 valence electrons. The number of benzene rings is 2. The lowest BCUT2D eigenvalue weighted by molar-refractivity contribution is -0.114. The summed E-state index contributed by atoms with van der Waals surface area (Å²) in [5, 5.41) is 2.58. The van der Waals surface area contributed by atoms with Crippen LogP contribution in [0.15, 0.2) is 65.7 Å². The van der Waals surface area contributed by atoms with E-state index in [0.717, 1.165) is 10.6 Å². The standard InChI is InChI=1S/C22H25N5O6S2/c1-4-33-20-8-6-5-7-19(20)27(34(3,29)30)15-21(28)25-17-9-11-18(12-10-17)35(31,32)26-22-23-14-13-16(2)24-22/h5-14H,4,15H2,1-3H3,(H,25,28)(H,23,24,26). The second-order valence-corrected chi connectivity index (χ2v) is 11.0. The van der Waals surface area contributed by atoms with Crippen LogP contribution in [-0.2, 0) is 24.8 Å². The molecule has 0 atom stereocenters. The van der Waals surface area contributed by atoms with Gasteiger partial charge >= 0.3 is 0 Å². The summed E-state index contributed by atoms with van der Waals surface area (Å²) >= 11 is 0. The van der Waals surface area contributed by atoms with Crippen molar-refractivity contribution in [2.24, 2.45) is 0 Å². The van der Waals surface area contributed by atoms with Crippen molar-refractivity contribution in [2.75, 3.05) is 33.8 Å². The number of carbonyl (C=O) groups is 1. The number of carbonyl (C=O) groups excluding carboxylic acids is 1. The fourth-order valence-corrected chi connectivity index (χ4v) is 4.86. The van der Waals surface area contributed by atoms with Crippen molar-refractivity contribution in [1.29, 1.82) is 0 Å². The number of anilines is 3. The maximum absolute atomic E-state index is 12.7. The number of rotatable bonds is 10. The molecule has 3 aromatic rings. The third-order valence-corrected chi connectivity index (χ3v) is 7.06.